The van der Waals surface area contributed by atoms with Gasteiger partial charge in [-0.2, -0.15) is 0 Å². The van der Waals surface area contributed by atoms with Gasteiger partial charge in [0.2, 0.25) is 0 Å². The normalized spacial score (nSPS) is 16.4. The van der Waals surface area contributed by atoms with Crippen LogP contribution >= 0.6 is 0 Å². The Morgan fingerprint density at radius 3 is 2.86 bits per heavy atom. The van der Waals surface area contributed by atoms with E-state index < -0.39 is 0 Å². The predicted molar refractivity (Wildman–Crippen MR) is 103 cm³/mol. The van der Waals surface area contributed by atoms with Crippen molar-refractivity contribution in [1.82, 2.24) is 34.2 Å². The smallest absolute Gasteiger partial charge is 0.273 e. The second-order valence-corrected chi connectivity index (χ2v) is 7.10. The fraction of sp³-hybridized carbons (Fsp3) is 0.250. The van der Waals surface area contributed by atoms with Crippen LogP contribution in [-0.2, 0) is 13.6 Å². The molecule has 0 aliphatic carbocycles. The molecule has 4 aromatic rings. The summed E-state index contributed by atoms with van der Waals surface area (Å²) in [5.41, 5.74) is 2.03. The SMILES string of the molecule is C[C@H]1CN(C(=O)c2ccc3ccn(C)c3n2)Cc2nnc(-c3ccccn3)n21. The summed E-state index contributed by atoms with van der Waals surface area (Å²) in [5.74, 6) is 1.40. The van der Waals surface area contributed by atoms with Crippen LogP contribution < -0.4 is 0 Å². The molecule has 140 valence electrons. The van der Waals surface area contributed by atoms with E-state index in [4.69, 9.17) is 0 Å². The number of nitrogens with zero attached hydrogens (tertiary/aromatic N) is 7. The van der Waals surface area contributed by atoms with Crippen LogP contribution in [0.1, 0.15) is 29.3 Å². The number of rotatable bonds is 2. The largest absolute Gasteiger partial charge is 0.336 e. The standard InChI is InChI=1S/C20H19N7O/c1-13-11-26(20(28)16-7-6-14-8-10-25(2)18(14)22-16)12-17-23-24-19(27(13)17)15-5-3-4-9-21-15/h3-10,13H,11-12H2,1-2H3/t13-/m0/s1. The van der Waals surface area contributed by atoms with Crippen LogP contribution in [0.4, 0.5) is 0 Å². The van der Waals surface area contributed by atoms with Gasteiger partial charge in [0, 0.05) is 31.4 Å². The monoisotopic (exact) mass is 373 g/mol. The second kappa shape index (κ2) is 6.26. The Hall–Kier alpha value is -3.55. The van der Waals surface area contributed by atoms with Gasteiger partial charge in [-0.15, -0.1) is 10.2 Å². The molecule has 0 fully saturated rings. The number of fused-ring (bicyclic) bond motifs is 2. The molecule has 8 nitrogen and oxygen atoms in total. The number of aromatic nitrogens is 6. The van der Waals surface area contributed by atoms with E-state index in [1.54, 1.807) is 17.2 Å². The van der Waals surface area contributed by atoms with Crippen LogP contribution in [-0.4, -0.2) is 46.7 Å². The fourth-order valence-electron chi connectivity index (χ4n) is 3.77. The zero-order valence-corrected chi connectivity index (χ0v) is 15.6. The highest BCUT2D eigenvalue weighted by atomic mass is 16.2. The molecule has 0 saturated carbocycles. The molecule has 1 aliphatic rings. The minimum Gasteiger partial charge on any atom is -0.336 e. The molecule has 5 rings (SSSR count). The molecule has 0 saturated heterocycles. The summed E-state index contributed by atoms with van der Waals surface area (Å²) in [6.07, 6.45) is 3.68. The Labute approximate surface area is 161 Å². The molecule has 0 spiro atoms. The molecule has 4 aromatic heterocycles. The maximum absolute atomic E-state index is 13.1. The lowest BCUT2D eigenvalue weighted by Crippen LogP contribution is -2.40. The third kappa shape index (κ3) is 2.57. The lowest BCUT2D eigenvalue weighted by molar-refractivity contribution is 0.0676. The van der Waals surface area contributed by atoms with E-state index in [0.29, 0.717) is 18.8 Å². The molecule has 0 N–H and O–H groups in total. The van der Waals surface area contributed by atoms with Gasteiger partial charge in [-0.1, -0.05) is 6.07 Å². The number of hydrogen-bond acceptors (Lipinski definition) is 5. The first-order chi connectivity index (χ1) is 13.6. The molecule has 8 heteroatoms. The van der Waals surface area contributed by atoms with Crippen LogP contribution in [0.2, 0.25) is 0 Å². The third-order valence-electron chi connectivity index (χ3n) is 5.14. The van der Waals surface area contributed by atoms with E-state index in [-0.39, 0.29) is 11.9 Å². The predicted octanol–water partition coefficient (Wildman–Crippen LogP) is 2.44. The minimum atomic E-state index is -0.0939. The number of amides is 1. The van der Waals surface area contributed by atoms with Gasteiger partial charge in [0.15, 0.2) is 11.6 Å². The molecule has 1 aliphatic heterocycles. The van der Waals surface area contributed by atoms with E-state index in [9.17, 15) is 4.79 Å². The van der Waals surface area contributed by atoms with Crippen molar-refractivity contribution < 1.29 is 4.79 Å². The molecule has 1 amide bonds. The van der Waals surface area contributed by atoms with E-state index in [0.717, 1.165) is 28.4 Å². The van der Waals surface area contributed by atoms with E-state index in [1.807, 2.05) is 48.1 Å². The number of hydrogen-bond donors (Lipinski definition) is 0. The first kappa shape index (κ1) is 16.6. The molecule has 28 heavy (non-hydrogen) atoms. The molecule has 5 heterocycles. The van der Waals surface area contributed by atoms with Crippen molar-refractivity contribution >= 4 is 16.9 Å². The van der Waals surface area contributed by atoms with Crippen molar-refractivity contribution in [3.63, 3.8) is 0 Å². The number of pyridine rings is 2. The Kier molecular flexibility index (Phi) is 3.71. The molecule has 0 unspecified atom stereocenters. The Morgan fingerprint density at radius 2 is 2.04 bits per heavy atom. The lowest BCUT2D eigenvalue weighted by atomic mass is 10.2. The van der Waals surface area contributed by atoms with E-state index in [2.05, 4.69) is 31.7 Å². The molecular weight excluding hydrogens is 354 g/mol. The second-order valence-electron chi connectivity index (χ2n) is 7.10. The van der Waals surface area contributed by atoms with Gasteiger partial charge in [-0.3, -0.25) is 9.78 Å². The van der Waals surface area contributed by atoms with Crippen LogP contribution in [0, 0.1) is 0 Å². The van der Waals surface area contributed by atoms with Crippen molar-refractivity contribution in [1.29, 1.82) is 0 Å². The number of aryl methyl sites for hydroxylation is 1. The maximum Gasteiger partial charge on any atom is 0.273 e. The van der Waals surface area contributed by atoms with Crippen molar-refractivity contribution in [2.24, 2.45) is 7.05 Å². The van der Waals surface area contributed by atoms with E-state index >= 15 is 0 Å². The number of carbonyl (C=O) groups excluding carboxylic acids is 1. The Bertz CT molecular complexity index is 1180. The highest BCUT2D eigenvalue weighted by Gasteiger charge is 2.31. The minimum absolute atomic E-state index is 0.0403. The summed E-state index contributed by atoms with van der Waals surface area (Å²) < 4.78 is 3.99. The van der Waals surface area contributed by atoms with Crippen LogP contribution in [0.3, 0.4) is 0 Å². The highest BCUT2D eigenvalue weighted by molar-refractivity contribution is 5.94. The average molecular weight is 373 g/mol. The van der Waals surface area contributed by atoms with Gasteiger partial charge in [0.05, 0.1) is 12.6 Å². The van der Waals surface area contributed by atoms with Gasteiger partial charge < -0.3 is 14.0 Å². The topological polar surface area (TPSA) is 81.7 Å². The van der Waals surface area contributed by atoms with Crippen LogP contribution in [0.25, 0.3) is 22.6 Å². The molecule has 0 radical (unpaired) electrons. The fourth-order valence-corrected chi connectivity index (χ4v) is 3.77. The van der Waals surface area contributed by atoms with Crippen LogP contribution in [0.5, 0.6) is 0 Å². The van der Waals surface area contributed by atoms with E-state index in [1.165, 1.54) is 0 Å². The van der Waals surface area contributed by atoms with Gasteiger partial charge in [-0.25, -0.2) is 4.98 Å². The van der Waals surface area contributed by atoms with Gasteiger partial charge in [-0.05, 0) is 37.3 Å². The van der Waals surface area contributed by atoms with Gasteiger partial charge in [0.1, 0.15) is 17.0 Å². The Balaban J connectivity index is 1.46. The van der Waals surface area contributed by atoms with Crippen molar-refractivity contribution in [3.05, 3.63) is 60.3 Å². The van der Waals surface area contributed by atoms with Crippen molar-refractivity contribution in [3.8, 4) is 11.5 Å². The average Bonchev–Trinajstić information content (AvgIpc) is 3.32. The highest BCUT2D eigenvalue weighted by Crippen LogP contribution is 2.27. The quantitative estimate of drug-likeness (QED) is 0.539. The lowest BCUT2D eigenvalue weighted by Gasteiger charge is -2.32. The summed E-state index contributed by atoms with van der Waals surface area (Å²) in [6, 6.07) is 11.5. The molecule has 0 bridgehead atoms. The first-order valence-electron chi connectivity index (χ1n) is 9.18. The summed E-state index contributed by atoms with van der Waals surface area (Å²) in [7, 11) is 1.92. The van der Waals surface area contributed by atoms with Crippen molar-refractivity contribution in [2.45, 2.75) is 19.5 Å². The summed E-state index contributed by atoms with van der Waals surface area (Å²) >= 11 is 0. The zero-order chi connectivity index (χ0) is 19.3. The Morgan fingerprint density at radius 1 is 1.14 bits per heavy atom. The summed E-state index contributed by atoms with van der Waals surface area (Å²) in [4.78, 5) is 23.8. The third-order valence-corrected chi connectivity index (χ3v) is 5.14. The number of carbonyl (C=O) groups is 1. The van der Waals surface area contributed by atoms with Crippen LogP contribution in [0.15, 0.2) is 48.8 Å². The summed E-state index contributed by atoms with van der Waals surface area (Å²) in [6.45, 7) is 3.03. The molecule has 1 atom stereocenters. The maximum atomic E-state index is 13.1. The molecule has 0 aromatic carbocycles. The molecular formula is C20H19N7O. The zero-order valence-electron chi connectivity index (χ0n) is 15.6. The first-order valence-corrected chi connectivity index (χ1v) is 9.18. The van der Waals surface area contributed by atoms with Gasteiger partial charge >= 0.3 is 0 Å². The van der Waals surface area contributed by atoms with Crippen molar-refractivity contribution in [2.75, 3.05) is 6.54 Å². The summed E-state index contributed by atoms with van der Waals surface area (Å²) in [5, 5.41) is 9.66. The van der Waals surface area contributed by atoms with Gasteiger partial charge in [0.25, 0.3) is 5.91 Å².